The molecule has 1 unspecified atom stereocenters. The molecule has 0 aromatic heterocycles. The highest BCUT2D eigenvalue weighted by Gasteiger charge is 2.14. The van der Waals surface area contributed by atoms with Crippen molar-refractivity contribution in [2.75, 3.05) is 31.7 Å². The molecule has 0 heterocycles. The number of sulfone groups is 1. The van der Waals surface area contributed by atoms with Crippen LogP contribution in [0.4, 0.5) is 0 Å². The molecule has 7 heteroatoms. The number of nitrogens with one attached hydrogen (secondary N) is 2. The molecule has 2 N–H and O–H groups in total. The van der Waals surface area contributed by atoms with Crippen molar-refractivity contribution in [3.8, 4) is 5.75 Å². The van der Waals surface area contributed by atoms with Crippen LogP contribution in [-0.4, -0.2) is 52.1 Å². The maximum absolute atomic E-state index is 11.3. The SMILES string of the molecule is CCNC(=NCCOc1cccc(C(C)(C)C)c1)NC(C)CCS(C)(=O)=O. The third kappa shape index (κ3) is 10.2. The average Bonchev–Trinajstić information content (AvgIpc) is 2.56. The summed E-state index contributed by atoms with van der Waals surface area (Å²) in [5.41, 5.74) is 1.32. The number of benzene rings is 1. The van der Waals surface area contributed by atoms with Crippen LogP contribution in [0.25, 0.3) is 0 Å². The van der Waals surface area contributed by atoms with Crippen molar-refractivity contribution in [2.24, 2.45) is 4.99 Å². The van der Waals surface area contributed by atoms with Crippen LogP contribution in [0.15, 0.2) is 29.3 Å². The van der Waals surface area contributed by atoms with Crippen LogP contribution in [0.3, 0.4) is 0 Å². The van der Waals surface area contributed by atoms with Gasteiger partial charge in [0.05, 0.1) is 12.3 Å². The van der Waals surface area contributed by atoms with Crippen molar-refractivity contribution in [2.45, 2.75) is 52.5 Å². The van der Waals surface area contributed by atoms with Crippen molar-refractivity contribution >= 4 is 15.8 Å². The van der Waals surface area contributed by atoms with Gasteiger partial charge in [-0.15, -0.1) is 0 Å². The van der Waals surface area contributed by atoms with Gasteiger partial charge < -0.3 is 15.4 Å². The summed E-state index contributed by atoms with van der Waals surface area (Å²) in [7, 11) is -2.95. The lowest BCUT2D eigenvalue weighted by atomic mass is 9.87. The Balaban J connectivity index is 2.54. The van der Waals surface area contributed by atoms with E-state index < -0.39 is 9.84 Å². The Kier molecular flexibility index (Phi) is 9.09. The zero-order valence-electron chi connectivity index (χ0n) is 17.5. The Bertz CT molecular complexity index is 709. The minimum Gasteiger partial charge on any atom is -0.492 e. The first-order chi connectivity index (χ1) is 12.5. The largest absolute Gasteiger partial charge is 0.492 e. The number of aliphatic imine (C=N–C) groups is 1. The second kappa shape index (κ2) is 10.5. The quantitative estimate of drug-likeness (QED) is 0.380. The van der Waals surface area contributed by atoms with E-state index in [-0.39, 0.29) is 17.2 Å². The molecule has 0 spiro atoms. The summed E-state index contributed by atoms with van der Waals surface area (Å²) in [6, 6.07) is 8.16. The van der Waals surface area contributed by atoms with E-state index in [1.54, 1.807) is 0 Å². The van der Waals surface area contributed by atoms with Crippen molar-refractivity contribution in [1.82, 2.24) is 10.6 Å². The number of nitrogens with zero attached hydrogens (tertiary/aromatic N) is 1. The van der Waals surface area contributed by atoms with Gasteiger partial charge in [0.2, 0.25) is 0 Å². The van der Waals surface area contributed by atoms with Gasteiger partial charge in [0.15, 0.2) is 5.96 Å². The monoisotopic (exact) mass is 397 g/mol. The minimum atomic E-state index is -2.95. The van der Waals surface area contributed by atoms with E-state index in [0.717, 1.165) is 12.3 Å². The fraction of sp³-hybridized carbons (Fsp3) is 0.650. The van der Waals surface area contributed by atoms with Gasteiger partial charge in [-0.05, 0) is 43.4 Å². The predicted molar refractivity (Wildman–Crippen MR) is 114 cm³/mol. The van der Waals surface area contributed by atoms with Crippen molar-refractivity contribution in [3.63, 3.8) is 0 Å². The summed E-state index contributed by atoms with van der Waals surface area (Å²) >= 11 is 0. The number of hydrogen-bond acceptors (Lipinski definition) is 4. The second-order valence-electron chi connectivity index (χ2n) is 7.85. The van der Waals surface area contributed by atoms with Crippen LogP contribution in [0.5, 0.6) is 5.75 Å². The zero-order valence-corrected chi connectivity index (χ0v) is 18.3. The molecule has 0 radical (unpaired) electrons. The molecule has 0 fully saturated rings. The summed E-state index contributed by atoms with van der Waals surface area (Å²) in [6.45, 7) is 12.2. The first-order valence-electron chi connectivity index (χ1n) is 9.47. The predicted octanol–water partition coefficient (Wildman–Crippen LogP) is 2.74. The molecule has 1 atom stereocenters. The van der Waals surface area contributed by atoms with Crippen molar-refractivity contribution in [1.29, 1.82) is 0 Å². The number of ether oxygens (including phenoxy) is 1. The highest BCUT2D eigenvalue weighted by molar-refractivity contribution is 7.90. The van der Waals surface area contributed by atoms with E-state index >= 15 is 0 Å². The topological polar surface area (TPSA) is 79.8 Å². The Morgan fingerprint density at radius 3 is 2.59 bits per heavy atom. The number of rotatable bonds is 9. The van der Waals surface area contributed by atoms with E-state index in [1.807, 2.05) is 26.0 Å². The normalized spacial score (nSPS) is 13.9. The summed E-state index contributed by atoms with van der Waals surface area (Å²) < 4.78 is 28.4. The van der Waals surface area contributed by atoms with Crippen LogP contribution in [0.1, 0.15) is 46.6 Å². The molecule has 0 aliphatic carbocycles. The van der Waals surface area contributed by atoms with E-state index in [9.17, 15) is 8.42 Å². The summed E-state index contributed by atoms with van der Waals surface area (Å²) in [5, 5.41) is 6.41. The Morgan fingerprint density at radius 2 is 2.00 bits per heavy atom. The third-order valence-electron chi connectivity index (χ3n) is 3.98. The Morgan fingerprint density at radius 1 is 1.30 bits per heavy atom. The van der Waals surface area contributed by atoms with Gasteiger partial charge in [-0.2, -0.15) is 0 Å². The van der Waals surface area contributed by atoms with Crippen LogP contribution in [0, 0.1) is 0 Å². The second-order valence-corrected chi connectivity index (χ2v) is 10.1. The lowest BCUT2D eigenvalue weighted by Gasteiger charge is -2.20. The molecule has 1 aromatic carbocycles. The molecule has 0 saturated carbocycles. The molecule has 0 amide bonds. The fourth-order valence-corrected chi connectivity index (χ4v) is 3.17. The number of hydrogen-bond donors (Lipinski definition) is 2. The molecule has 1 aromatic rings. The first-order valence-corrected chi connectivity index (χ1v) is 11.5. The van der Waals surface area contributed by atoms with E-state index in [1.165, 1.54) is 11.8 Å². The third-order valence-corrected chi connectivity index (χ3v) is 4.96. The highest BCUT2D eigenvalue weighted by Crippen LogP contribution is 2.25. The van der Waals surface area contributed by atoms with Crippen molar-refractivity contribution < 1.29 is 13.2 Å². The van der Waals surface area contributed by atoms with E-state index in [0.29, 0.717) is 25.5 Å². The highest BCUT2D eigenvalue weighted by atomic mass is 32.2. The molecule has 0 aliphatic rings. The average molecular weight is 398 g/mol. The molecule has 6 nitrogen and oxygen atoms in total. The fourth-order valence-electron chi connectivity index (χ4n) is 2.39. The van der Waals surface area contributed by atoms with E-state index in [4.69, 9.17) is 4.74 Å². The number of guanidine groups is 1. The molecule has 154 valence electrons. The molecule has 1 rings (SSSR count). The summed E-state index contributed by atoms with van der Waals surface area (Å²) in [6.07, 6.45) is 1.80. The molecule has 27 heavy (non-hydrogen) atoms. The van der Waals surface area contributed by atoms with E-state index in [2.05, 4.69) is 48.5 Å². The van der Waals surface area contributed by atoms with Gasteiger partial charge in [0.25, 0.3) is 0 Å². The molecule has 0 saturated heterocycles. The Labute approximate surface area is 164 Å². The van der Waals surface area contributed by atoms with Crippen LogP contribution >= 0.6 is 0 Å². The van der Waals surface area contributed by atoms with Crippen LogP contribution in [0.2, 0.25) is 0 Å². The van der Waals surface area contributed by atoms with Gasteiger partial charge in [-0.25, -0.2) is 13.4 Å². The smallest absolute Gasteiger partial charge is 0.191 e. The molecular weight excluding hydrogens is 362 g/mol. The Hall–Kier alpha value is -1.76. The summed E-state index contributed by atoms with van der Waals surface area (Å²) in [5.74, 6) is 1.68. The lowest BCUT2D eigenvalue weighted by molar-refractivity contribution is 0.327. The van der Waals surface area contributed by atoms with Gasteiger partial charge >= 0.3 is 0 Å². The minimum absolute atomic E-state index is 0.0157. The molecule has 0 bridgehead atoms. The van der Waals surface area contributed by atoms with Gasteiger partial charge in [-0.3, -0.25) is 0 Å². The van der Waals surface area contributed by atoms with Gasteiger partial charge in [-0.1, -0.05) is 32.9 Å². The van der Waals surface area contributed by atoms with Gasteiger partial charge in [0.1, 0.15) is 22.2 Å². The van der Waals surface area contributed by atoms with Crippen LogP contribution < -0.4 is 15.4 Å². The zero-order chi connectivity index (χ0) is 20.5. The standard InChI is InChI=1S/C20H35N3O3S/c1-7-21-19(23-16(2)11-14-27(6,24)25)22-12-13-26-18-10-8-9-17(15-18)20(3,4)5/h8-10,15-16H,7,11-14H2,1-6H3,(H2,21,22,23). The lowest BCUT2D eigenvalue weighted by Crippen LogP contribution is -2.43. The molecular formula is C20H35N3O3S. The maximum atomic E-state index is 11.3. The first kappa shape index (κ1) is 23.3. The van der Waals surface area contributed by atoms with Crippen LogP contribution in [-0.2, 0) is 15.3 Å². The van der Waals surface area contributed by atoms with Crippen molar-refractivity contribution in [3.05, 3.63) is 29.8 Å². The van der Waals surface area contributed by atoms with Gasteiger partial charge in [0, 0.05) is 18.8 Å². The molecule has 0 aliphatic heterocycles. The summed E-state index contributed by atoms with van der Waals surface area (Å²) in [4.78, 5) is 4.50. The maximum Gasteiger partial charge on any atom is 0.191 e.